The highest BCUT2D eigenvalue weighted by Crippen LogP contribution is 2.30. The Morgan fingerprint density at radius 2 is 1.24 bits per heavy atom. The lowest BCUT2D eigenvalue weighted by Crippen LogP contribution is -3.13. The molecule has 2 heterocycles. The zero-order chi connectivity index (χ0) is 17.9. The molecule has 2 fully saturated rings. The Labute approximate surface area is 151 Å². The lowest BCUT2D eigenvalue weighted by Gasteiger charge is -2.28. The minimum Gasteiger partial charge on any atom is -0.507 e. The summed E-state index contributed by atoms with van der Waals surface area (Å²) in [6.07, 6.45) is 0. The van der Waals surface area contributed by atoms with Gasteiger partial charge in [-0.15, -0.1) is 0 Å². The molecular formula is C20H34N2O3+2. The van der Waals surface area contributed by atoms with Gasteiger partial charge in [-0.1, -0.05) is 20.8 Å². The average molecular weight is 351 g/mol. The maximum Gasteiger partial charge on any atom is 0.133 e. The number of ether oxygens (including phenoxy) is 2. The summed E-state index contributed by atoms with van der Waals surface area (Å²) in [4.78, 5) is 2.99. The van der Waals surface area contributed by atoms with Gasteiger partial charge in [0.2, 0.25) is 0 Å². The normalized spacial score (nSPS) is 20.8. The summed E-state index contributed by atoms with van der Waals surface area (Å²) in [7, 11) is 0. The van der Waals surface area contributed by atoms with Gasteiger partial charge in [0.1, 0.15) is 45.0 Å². The zero-order valence-corrected chi connectivity index (χ0v) is 16.0. The van der Waals surface area contributed by atoms with E-state index >= 15 is 0 Å². The summed E-state index contributed by atoms with van der Waals surface area (Å²) in [5.74, 6) is 0.506. The summed E-state index contributed by atoms with van der Waals surface area (Å²) in [5.41, 5.74) is 3.58. The number of hydrogen-bond acceptors (Lipinski definition) is 3. The van der Waals surface area contributed by atoms with Gasteiger partial charge in [-0.05, 0) is 23.1 Å². The topological polar surface area (TPSA) is 47.6 Å². The standard InChI is InChI=1S/C20H32N2O3/c1-20(2,3)18-12-16(14-21-4-8-24-9-5-21)19(23)17(13-18)15-22-6-10-25-11-7-22/h12-13,23H,4-11,14-15H2,1-3H3/p+2. The summed E-state index contributed by atoms with van der Waals surface area (Å²) in [6.45, 7) is 15.8. The number of quaternary nitrogens is 2. The lowest BCUT2D eigenvalue weighted by atomic mass is 9.84. The first-order valence-corrected chi connectivity index (χ1v) is 9.61. The van der Waals surface area contributed by atoms with Crippen LogP contribution in [0.15, 0.2) is 12.1 Å². The minimum atomic E-state index is 0.0812. The van der Waals surface area contributed by atoms with E-state index in [2.05, 4.69) is 32.9 Å². The van der Waals surface area contributed by atoms with Crippen molar-refractivity contribution in [3.05, 3.63) is 28.8 Å². The molecule has 0 radical (unpaired) electrons. The SMILES string of the molecule is CC(C)(C)c1cc(C[NH+]2CCOCC2)c(O)c(C[NH+]2CCOCC2)c1. The molecule has 0 aromatic heterocycles. The van der Waals surface area contributed by atoms with Crippen molar-refractivity contribution in [1.29, 1.82) is 0 Å². The van der Waals surface area contributed by atoms with Crippen LogP contribution >= 0.6 is 0 Å². The van der Waals surface area contributed by atoms with E-state index in [9.17, 15) is 5.11 Å². The molecule has 3 rings (SSSR count). The first kappa shape index (κ1) is 18.6. The maximum absolute atomic E-state index is 11.0. The van der Waals surface area contributed by atoms with Crippen LogP contribution in [0.2, 0.25) is 0 Å². The van der Waals surface area contributed by atoms with Gasteiger partial charge in [-0.2, -0.15) is 0 Å². The Hall–Kier alpha value is -1.14. The summed E-state index contributed by atoms with van der Waals surface area (Å²) >= 11 is 0. The Morgan fingerprint density at radius 3 is 1.60 bits per heavy atom. The minimum absolute atomic E-state index is 0.0812. The van der Waals surface area contributed by atoms with Crippen molar-refractivity contribution in [1.82, 2.24) is 0 Å². The molecule has 2 saturated heterocycles. The molecular weight excluding hydrogens is 316 g/mol. The average Bonchev–Trinajstić information content (AvgIpc) is 2.59. The van der Waals surface area contributed by atoms with Gasteiger partial charge in [0, 0.05) is 11.1 Å². The van der Waals surface area contributed by atoms with Gasteiger partial charge in [-0.3, -0.25) is 0 Å². The Bertz CT molecular complexity index is 530. The molecule has 2 aliphatic rings. The third-order valence-corrected chi connectivity index (χ3v) is 5.41. The molecule has 0 aliphatic carbocycles. The molecule has 0 spiro atoms. The molecule has 0 bridgehead atoms. The van der Waals surface area contributed by atoms with Crippen molar-refractivity contribution < 1.29 is 24.4 Å². The van der Waals surface area contributed by atoms with Crippen LogP contribution in [-0.4, -0.2) is 57.7 Å². The second-order valence-electron chi connectivity index (χ2n) is 8.47. The van der Waals surface area contributed by atoms with Crippen LogP contribution < -0.4 is 9.80 Å². The van der Waals surface area contributed by atoms with E-state index in [0.717, 1.165) is 76.8 Å². The molecule has 0 unspecified atom stereocenters. The quantitative estimate of drug-likeness (QED) is 0.688. The molecule has 0 atom stereocenters. The Morgan fingerprint density at radius 1 is 0.840 bits per heavy atom. The first-order valence-electron chi connectivity index (χ1n) is 9.61. The van der Waals surface area contributed by atoms with Gasteiger partial charge < -0.3 is 24.4 Å². The van der Waals surface area contributed by atoms with Gasteiger partial charge in [0.05, 0.1) is 26.4 Å². The summed E-state index contributed by atoms with van der Waals surface area (Å²) in [5, 5.41) is 11.0. The molecule has 1 aromatic rings. The zero-order valence-electron chi connectivity index (χ0n) is 16.0. The fourth-order valence-electron chi connectivity index (χ4n) is 3.67. The molecule has 3 N–H and O–H groups in total. The van der Waals surface area contributed by atoms with Crippen molar-refractivity contribution in [2.24, 2.45) is 0 Å². The van der Waals surface area contributed by atoms with E-state index in [1.165, 1.54) is 15.4 Å². The molecule has 5 nitrogen and oxygen atoms in total. The van der Waals surface area contributed by atoms with Crippen molar-refractivity contribution in [3.8, 4) is 5.75 Å². The van der Waals surface area contributed by atoms with E-state index in [1.807, 2.05) is 0 Å². The van der Waals surface area contributed by atoms with Crippen LogP contribution in [0.4, 0.5) is 0 Å². The second-order valence-corrected chi connectivity index (χ2v) is 8.47. The van der Waals surface area contributed by atoms with Crippen molar-refractivity contribution in [2.75, 3.05) is 52.6 Å². The Kier molecular flexibility index (Phi) is 6.00. The number of phenols is 1. The van der Waals surface area contributed by atoms with E-state index in [4.69, 9.17) is 9.47 Å². The van der Waals surface area contributed by atoms with Gasteiger partial charge in [-0.25, -0.2) is 0 Å². The molecule has 25 heavy (non-hydrogen) atoms. The molecule has 0 amide bonds. The first-order chi connectivity index (χ1) is 11.9. The third-order valence-electron chi connectivity index (χ3n) is 5.41. The largest absolute Gasteiger partial charge is 0.507 e. The number of rotatable bonds is 4. The van der Waals surface area contributed by atoms with Gasteiger partial charge in [0.25, 0.3) is 0 Å². The summed E-state index contributed by atoms with van der Waals surface area (Å²) in [6, 6.07) is 4.44. The maximum atomic E-state index is 11.0. The van der Waals surface area contributed by atoms with Crippen molar-refractivity contribution >= 4 is 0 Å². The summed E-state index contributed by atoms with van der Waals surface area (Å²) < 4.78 is 10.9. The van der Waals surface area contributed by atoms with Crippen molar-refractivity contribution in [2.45, 2.75) is 39.3 Å². The molecule has 5 heteroatoms. The lowest BCUT2D eigenvalue weighted by molar-refractivity contribution is -0.922. The molecule has 140 valence electrons. The fourth-order valence-corrected chi connectivity index (χ4v) is 3.67. The van der Waals surface area contributed by atoms with Crippen LogP contribution in [0.25, 0.3) is 0 Å². The highest BCUT2D eigenvalue weighted by Gasteiger charge is 2.24. The highest BCUT2D eigenvalue weighted by molar-refractivity contribution is 5.45. The van der Waals surface area contributed by atoms with Crippen LogP contribution in [0.3, 0.4) is 0 Å². The van der Waals surface area contributed by atoms with E-state index in [0.29, 0.717) is 5.75 Å². The van der Waals surface area contributed by atoms with Crippen LogP contribution in [0.5, 0.6) is 5.75 Å². The smallest absolute Gasteiger partial charge is 0.133 e. The molecule has 0 saturated carbocycles. The van der Waals surface area contributed by atoms with E-state index < -0.39 is 0 Å². The second kappa shape index (κ2) is 8.04. The number of phenolic OH excluding ortho intramolecular Hbond substituents is 1. The fraction of sp³-hybridized carbons (Fsp3) is 0.700. The molecule has 1 aromatic carbocycles. The van der Waals surface area contributed by atoms with Gasteiger partial charge in [0.15, 0.2) is 0 Å². The number of nitrogens with one attached hydrogen (secondary N) is 2. The number of hydrogen-bond donors (Lipinski definition) is 3. The van der Waals surface area contributed by atoms with Crippen molar-refractivity contribution in [3.63, 3.8) is 0 Å². The number of benzene rings is 1. The molecule has 2 aliphatic heterocycles. The van der Waals surface area contributed by atoms with E-state index in [1.54, 1.807) is 0 Å². The van der Waals surface area contributed by atoms with E-state index in [-0.39, 0.29) is 5.41 Å². The number of morpholine rings is 2. The van der Waals surface area contributed by atoms with Crippen LogP contribution in [-0.2, 0) is 28.0 Å². The third kappa shape index (κ3) is 4.94. The predicted octanol–water partition coefficient (Wildman–Crippen LogP) is -0.480. The Balaban J connectivity index is 1.85. The van der Waals surface area contributed by atoms with Gasteiger partial charge >= 0.3 is 0 Å². The monoisotopic (exact) mass is 350 g/mol. The van der Waals surface area contributed by atoms with Crippen LogP contribution in [0.1, 0.15) is 37.5 Å². The highest BCUT2D eigenvalue weighted by atomic mass is 16.5. The number of aromatic hydroxyl groups is 1. The van der Waals surface area contributed by atoms with Crippen LogP contribution in [0, 0.1) is 0 Å². The predicted molar refractivity (Wildman–Crippen MR) is 97.2 cm³/mol.